The summed E-state index contributed by atoms with van der Waals surface area (Å²) in [7, 11) is 0. The number of anilines is 1. The molecule has 3 aromatic rings. The predicted octanol–water partition coefficient (Wildman–Crippen LogP) is 2.56. The zero-order chi connectivity index (χ0) is 24.4. The van der Waals surface area contributed by atoms with E-state index in [2.05, 4.69) is 16.0 Å². The highest BCUT2D eigenvalue weighted by molar-refractivity contribution is 6.07. The fourth-order valence-electron chi connectivity index (χ4n) is 4.02. The van der Waals surface area contributed by atoms with E-state index < -0.39 is 16.7 Å². The van der Waals surface area contributed by atoms with Crippen molar-refractivity contribution in [2.45, 2.75) is 32.7 Å². The summed E-state index contributed by atoms with van der Waals surface area (Å²) in [5.74, 6) is -1.41. The van der Waals surface area contributed by atoms with Crippen LogP contribution in [-0.2, 0) is 0 Å². The summed E-state index contributed by atoms with van der Waals surface area (Å²) in [6.07, 6.45) is 1.91. The van der Waals surface area contributed by atoms with Crippen LogP contribution >= 0.6 is 0 Å². The number of hydrazine groups is 1. The van der Waals surface area contributed by atoms with E-state index in [0.29, 0.717) is 16.5 Å². The van der Waals surface area contributed by atoms with Gasteiger partial charge in [0.2, 0.25) is 0 Å². The lowest BCUT2D eigenvalue weighted by atomic mass is 10.1. The number of nitrogens with one attached hydrogen (secondary N) is 2. The molecule has 0 radical (unpaired) electrons. The Kier molecular flexibility index (Phi) is 6.26. The average Bonchev–Trinajstić information content (AvgIpc) is 3.37. The number of non-ortho nitro benzene ring substituents is 1. The summed E-state index contributed by atoms with van der Waals surface area (Å²) in [5, 5.41) is 16.1. The molecule has 34 heavy (non-hydrogen) atoms. The van der Waals surface area contributed by atoms with Gasteiger partial charge in [0.05, 0.1) is 27.6 Å². The van der Waals surface area contributed by atoms with Crippen LogP contribution in [0.5, 0.6) is 0 Å². The summed E-state index contributed by atoms with van der Waals surface area (Å²) in [5.41, 5.74) is 4.75. The third kappa shape index (κ3) is 4.32. The van der Waals surface area contributed by atoms with Crippen LogP contribution in [0.3, 0.4) is 0 Å². The van der Waals surface area contributed by atoms with Gasteiger partial charge < -0.3 is 4.90 Å². The van der Waals surface area contributed by atoms with Gasteiger partial charge in [-0.3, -0.25) is 35.3 Å². The molecule has 0 aliphatic carbocycles. The van der Waals surface area contributed by atoms with Crippen molar-refractivity contribution in [1.29, 1.82) is 0 Å². The van der Waals surface area contributed by atoms with E-state index in [9.17, 15) is 24.5 Å². The van der Waals surface area contributed by atoms with Crippen molar-refractivity contribution in [3.05, 3.63) is 74.2 Å². The molecule has 1 aromatic heterocycles. The second-order valence-corrected chi connectivity index (χ2v) is 8.30. The smallest absolute Gasteiger partial charge is 0.290 e. The first-order chi connectivity index (χ1) is 16.3. The molecule has 0 atom stereocenters. The number of fused-ring (bicyclic) bond motifs is 1. The van der Waals surface area contributed by atoms with Crippen molar-refractivity contribution in [3.63, 3.8) is 0 Å². The Bertz CT molecular complexity index is 1340. The number of benzene rings is 2. The number of rotatable bonds is 5. The molecule has 2 amide bonds. The Morgan fingerprint density at radius 3 is 2.32 bits per heavy atom. The summed E-state index contributed by atoms with van der Waals surface area (Å²) in [4.78, 5) is 51.3. The Hall–Kier alpha value is -4.28. The number of nitrogens with zero attached hydrogens (tertiary/aromatic N) is 4. The molecule has 11 heteroatoms. The lowest BCUT2D eigenvalue weighted by molar-refractivity contribution is -0.384. The molecule has 1 saturated heterocycles. The highest BCUT2D eigenvalue weighted by Crippen LogP contribution is 2.28. The fraction of sp³-hybridized carbons (Fsp3) is 0.304. The maximum Gasteiger partial charge on any atom is 0.290 e. The van der Waals surface area contributed by atoms with Gasteiger partial charge in [0.1, 0.15) is 0 Å². The normalized spacial score (nSPS) is 13.3. The average molecular weight is 464 g/mol. The third-order valence-electron chi connectivity index (χ3n) is 5.70. The number of carbonyl (C=O) groups excluding carboxylic acids is 2. The molecular weight excluding hydrogens is 440 g/mol. The van der Waals surface area contributed by atoms with E-state index in [1.807, 2.05) is 4.90 Å². The third-order valence-corrected chi connectivity index (χ3v) is 5.70. The first-order valence-electron chi connectivity index (χ1n) is 10.9. The van der Waals surface area contributed by atoms with Gasteiger partial charge in [0.15, 0.2) is 5.69 Å². The lowest BCUT2D eigenvalue weighted by Crippen LogP contribution is -2.43. The van der Waals surface area contributed by atoms with Crippen LogP contribution < -0.4 is 21.3 Å². The molecular formula is C23H24N6O5. The van der Waals surface area contributed by atoms with E-state index in [0.717, 1.165) is 25.9 Å². The van der Waals surface area contributed by atoms with Crippen molar-refractivity contribution < 1.29 is 14.5 Å². The maximum atomic E-state index is 13.0. The van der Waals surface area contributed by atoms with Gasteiger partial charge in [0, 0.05) is 30.6 Å². The first kappa shape index (κ1) is 22.9. The standard InChI is InChI=1S/C23H24N6O5/c1-14(2)28-23(32)17-8-4-3-7-16(17)20(26-28)22(31)25-24-21(30)18-13-15(29(33)34)9-10-19(18)27-11-5-6-12-27/h3-4,7-10,13-14H,5-6,11-12H2,1-2H3,(H,24,30)(H,25,31). The number of hydrogen-bond donors (Lipinski definition) is 2. The fourth-order valence-corrected chi connectivity index (χ4v) is 4.02. The Balaban J connectivity index is 1.63. The molecule has 0 bridgehead atoms. The second-order valence-electron chi connectivity index (χ2n) is 8.30. The van der Waals surface area contributed by atoms with Gasteiger partial charge in [0.25, 0.3) is 23.1 Å². The van der Waals surface area contributed by atoms with E-state index in [-0.39, 0.29) is 28.5 Å². The minimum Gasteiger partial charge on any atom is -0.371 e. The summed E-state index contributed by atoms with van der Waals surface area (Å²) in [6.45, 7) is 5.01. The second kappa shape index (κ2) is 9.30. The van der Waals surface area contributed by atoms with E-state index >= 15 is 0 Å². The number of carbonyl (C=O) groups is 2. The molecule has 176 valence electrons. The van der Waals surface area contributed by atoms with Crippen molar-refractivity contribution in [2.24, 2.45) is 0 Å². The topological polar surface area (TPSA) is 139 Å². The SMILES string of the molecule is CC(C)n1nc(C(=O)NNC(=O)c2cc([N+](=O)[O-])ccc2N2CCCC2)c2ccccc2c1=O. The van der Waals surface area contributed by atoms with Gasteiger partial charge in [-0.15, -0.1) is 0 Å². The molecule has 0 saturated carbocycles. The maximum absolute atomic E-state index is 13.0. The van der Waals surface area contributed by atoms with Crippen LogP contribution in [-0.4, -0.2) is 39.6 Å². The zero-order valence-corrected chi connectivity index (χ0v) is 18.8. The van der Waals surface area contributed by atoms with Crippen molar-refractivity contribution in [3.8, 4) is 0 Å². The molecule has 0 spiro atoms. The van der Waals surface area contributed by atoms with Gasteiger partial charge in [-0.05, 0) is 38.8 Å². The minimum absolute atomic E-state index is 0.0250. The van der Waals surface area contributed by atoms with Gasteiger partial charge in [-0.25, -0.2) is 4.68 Å². The van der Waals surface area contributed by atoms with Gasteiger partial charge >= 0.3 is 0 Å². The number of aromatic nitrogens is 2. The van der Waals surface area contributed by atoms with Gasteiger partial charge in [-0.1, -0.05) is 18.2 Å². The zero-order valence-electron chi connectivity index (χ0n) is 18.8. The Morgan fingerprint density at radius 2 is 1.68 bits per heavy atom. The molecule has 11 nitrogen and oxygen atoms in total. The largest absolute Gasteiger partial charge is 0.371 e. The molecule has 2 N–H and O–H groups in total. The van der Waals surface area contributed by atoms with E-state index in [1.54, 1.807) is 44.2 Å². The molecule has 2 aromatic carbocycles. The molecule has 1 fully saturated rings. The van der Waals surface area contributed by atoms with Crippen LogP contribution in [0.4, 0.5) is 11.4 Å². The summed E-state index contributed by atoms with van der Waals surface area (Å²) >= 11 is 0. The van der Waals surface area contributed by atoms with Crippen LogP contribution in [0.15, 0.2) is 47.3 Å². The summed E-state index contributed by atoms with van der Waals surface area (Å²) < 4.78 is 1.21. The van der Waals surface area contributed by atoms with Gasteiger partial charge in [-0.2, -0.15) is 5.10 Å². The number of nitro groups is 1. The lowest BCUT2D eigenvalue weighted by Gasteiger charge is -2.21. The predicted molar refractivity (Wildman–Crippen MR) is 126 cm³/mol. The monoisotopic (exact) mass is 464 g/mol. The van der Waals surface area contributed by atoms with E-state index in [1.165, 1.54) is 16.8 Å². The van der Waals surface area contributed by atoms with Crippen LogP contribution in [0, 0.1) is 10.1 Å². The quantitative estimate of drug-likeness (QED) is 0.437. The molecule has 1 aliphatic heterocycles. The van der Waals surface area contributed by atoms with E-state index in [4.69, 9.17) is 0 Å². The van der Waals surface area contributed by atoms with Crippen molar-refractivity contribution in [1.82, 2.24) is 20.6 Å². The molecule has 2 heterocycles. The number of hydrogen-bond acceptors (Lipinski definition) is 7. The molecule has 1 aliphatic rings. The van der Waals surface area contributed by atoms with Crippen molar-refractivity contribution >= 4 is 34.0 Å². The number of amides is 2. The Morgan fingerprint density at radius 1 is 1.03 bits per heavy atom. The van der Waals surface area contributed by atoms with Crippen molar-refractivity contribution in [2.75, 3.05) is 18.0 Å². The summed E-state index contributed by atoms with van der Waals surface area (Å²) in [6, 6.07) is 10.4. The van der Waals surface area contributed by atoms with Crippen LogP contribution in [0.1, 0.15) is 53.6 Å². The highest BCUT2D eigenvalue weighted by atomic mass is 16.6. The molecule has 4 rings (SSSR count). The van der Waals surface area contributed by atoms with Crippen LogP contribution in [0.25, 0.3) is 10.8 Å². The molecule has 0 unspecified atom stereocenters. The highest BCUT2D eigenvalue weighted by Gasteiger charge is 2.24. The van der Waals surface area contributed by atoms with Crippen LogP contribution in [0.2, 0.25) is 0 Å². The Labute approximate surface area is 194 Å². The first-order valence-corrected chi connectivity index (χ1v) is 10.9. The minimum atomic E-state index is -0.716. The number of nitro benzene ring substituents is 1.